The molecular formula is C27H30ClN3O4. The Labute approximate surface area is 211 Å². The van der Waals surface area contributed by atoms with Crippen LogP contribution in [0.1, 0.15) is 37.3 Å². The van der Waals surface area contributed by atoms with Gasteiger partial charge in [0.2, 0.25) is 0 Å². The van der Waals surface area contributed by atoms with Crippen LogP contribution in [0.4, 0.5) is 10.5 Å². The topological polar surface area (TPSA) is 81.2 Å². The zero-order valence-corrected chi connectivity index (χ0v) is 20.8. The molecule has 2 N–H and O–H groups in total. The van der Waals surface area contributed by atoms with E-state index < -0.39 is 6.03 Å². The Morgan fingerprint density at radius 1 is 1.06 bits per heavy atom. The van der Waals surface area contributed by atoms with Crippen molar-refractivity contribution in [3.8, 4) is 17.2 Å². The van der Waals surface area contributed by atoms with Crippen molar-refractivity contribution >= 4 is 29.5 Å². The highest BCUT2D eigenvalue weighted by Gasteiger charge is 2.12. The molecule has 0 saturated heterocycles. The Morgan fingerprint density at radius 3 is 2.46 bits per heavy atom. The summed E-state index contributed by atoms with van der Waals surface area (Å²) in [5.41, 5.74) is 5.01. The number of methoxy groups -OCH3 is 1. The van der Waals surface area contributed by atoms with Crippen LogP contribution in [-0.4, -0.2) is 32.6 Å². The molecule has 0 heterocycles. The number of ether oxygens (including phenoxy) is 3. The lowest BCUT2D eigenvalue weighted by Gasteiger charge is -2.14. The Bertz CT molecular complexity index is 1120. The van der Waals surface area contributed by atoms with Gasteiger partial charge in [-0.25, -0.2) is 10.2 Å². The number of nitrogens with zero attached hydrogens (tertiary/aromatic N) is 1. The maximum absolute atomic E-state index is 11.9. The molecule has 0 radical (unpaired) electrons. The highest BCUT2D eigenvalue weighted by Crippen LogP contribution is 2.36. The monoisotopic (exact) mass is 495 g/mol. The molecule has 0 aliphatic carbocycles. The van der Waals surface area contributed by atoms with E-state index in [4.69, 9.17) is 25.8 Å². The van der Waals surface area contributed by atoms with Gasteiger partial charge in [-0.2, -0.15) is 5.10 Å². The molecule has 0 spiro atoms. The number of halogens is 1. The molecule has 3 aromatic carbocycles. The van der Waals surface area contributed by atoms with E-state index in [1.165, 1.54) is 18.9 Å². The molecule has 3 rings (SSSR count). The van der Waals surface area contributed by atoms with Crippen molar-refractivity contribution in [1.29, 1.82) is 0 Å². The minimum Gasteiger partial charge on any atom is -0.493 e. The van der Waals surface area contributed by atoms with Crippen LogP contribution in [0.15, 0.2) is 71.8 Å². The van der Waals surface area contributed by atoms with E-state index in [2.05, 4.69) is 41.8 Å². The van der Waals surface area contributed by atoms with Crippen LogP contribution in [0.25, 0.3) is 0 Å². The molecule has 7 nitrogen and oxygen atoms in total. The van der Waals surface area contributed by atoms with E-state index in [0.29, 0.717) is 40.3 Å². The first-order valence-corrected chi connectivity index (χ1v) is 11.8. The zero-order chi connectivity index (χ0) is 25.0. The smallest absolute Gasteiger partial charge is 0.339 e. The number of hydrazone groups is 1. The molecule has 1 atom stereocenters. The molecule has 0 aliphatic rings. The first-order chi connectivity index (χ1) is 17.0. The standard InChI is InChI=1S/C27H30ClN3O4/c1-4-19(2)21-10-12-23(13-11-21)34-14-15-35-26-24(28)16-20(17-25(26)33-3)18-29-31-27(32)30-22-8-6-5-7-9-22/h5-13,16-19H,4,14-15H2,1-3H3,(H2,30,31,32)/b29-18+/t19-/m0/s1. The van der Waals surface area contributed by atoms with E-state index in [-0.39, 0.29) is 6.61 Å². The fraction of sp³-hybridized carbons (Fsp3) is 0.259. The fourth-order valence-electron chi connectivity index (χ4n) is 3.23. The number of carbonyl (C=O) groups is 1. The average molecular weight is 496 g/mol. The second kappa shape index (κ2) is 13.2. The molecule has 0 fully saturated rings. The van der Waals surface area contributed by atoms with Gasteiger partial charge in [0.1, 0.15) is 19.0 Å². The van der Waals surface area contributed by atoms with Crippen molar-refractivity contribution < 1.29 is 19.0 Å². The Kier molecular flexibility index (Phi) is 9.80. The molecule has 184 valence electrons. The summed E-state index contributed by atoms with van der Waals surface area (Å²) in [6.07, 6.45) is 2.57. The second-order valence-corrected chi connectivity index (χ2v) is 8.21. The van der Waals surface area contributed by atoms with Crippen molar-refractivity contribution in [2.45, 2.75) is 26.2 Å². The maximum Gasteiger partial charge on any atom is 0.339 e. The lowest BCUT2D eigenvalue weighted by atomic mass is 9.99. The van der Waals surface area contributed by atoms with Crippen LogP contribution in [-0.2, 0) is 0 Å². The van der Waals surface area contributed by atoms with Gasteiger partial charge in [-0.3, -0.25) is 0 Å². The van der Waals surface area contributed by atoms with E-state index >= 15 is 0 Å². The second-order valence-electron chi connectivity index (χ2n) is 7.80. The molecule has 35 heavy (non-hydrogen) atoms. The summed E-state index contributed by atoms with van der Waals surface area (Å²) in [5, 5.41) is 6.99. The van der Waals surface area contributed by atoms with Gasteiger partial charge in [-0.1, -0.05) is 55.8 Å². The van der Waals surface area contributed by atoms with Crippen molar-refractivity contribution in [2.75, 3.05) is 25.6 Å². The summed E-state index contributed by atoms with van der Waals surface area (Å²) in [6.45, 7) is 5.02. The number of amides is 2. The highest BCUT2D eigenvalue weighted by molar-refractivity contribution is 6.32. The Morgan fingerprint density at radius 2 is 1.77 bits per heavy atom. The molecule has 2 amide bonds. The third-order valence-corrected chi connectivity index (χ3v) is 5.60. The number of anilines is 1. The van der Waals surface area contributed by atoms with Crippen LogP contribution < -0.4 is 25.0 Å². The van der Waals surface area contributed by atoms with Gasteiger partial charge in [-0.15, -0.1) is 0 Å². The number of rotatable bonds is 11. The minimum atomic E-state index is -0.458. The van der Waals surface area contributed by atoms with Gasteiger partial charge in [0.25, 0.3) is 0 Å². The van der Waals surface area contributed by atoms with Crippen LogP contribution in [0, 0.1) is 0 Å². The fourth-order valence-corrected chi connectivity index (χ4v) is 3.51. The van der Waals surface area contributed by atoms with E-state index in [0.717, 1.165) is 12.2 Å². The van der Waals surface area contributed by atoms with Crippen LogP contribution in [0.2, 0.25) is 5.02 Å². The third kappa shape index (κ3) is 7.93. The van der Waals surface area contributed by atoms with Crippen molar-refractivity contribution in [1.82, 2.24) is 5.43 Å². The molecular weight excluding hydrogens is 466 g/mol. The molecule has 0 saturated carbocycles. The third-order valence-electron chi connectivity index (χ3n) is 5.32. The number of benzene rings is 3. The minimum absolute atomic E-state index is 0.290. The quantitative estimate of drug-likeness (QED) is 0.181. The summed E-state index contributed by atoms with van der Waals surface area (Å²) >= 11 is 6.41. The maximum atomic E-state index is 11.9. The zero-order valence-electron chi connectivity index (χ0n) is 20.1. The number of urea groups is 1. The van der Waals surface area contributed by atoms with Crippen molar-refractivity contribution in [3.63, 3.8) is 0 Å². The van der Waals surface area contributed by atoms with E-state index in [1.54, 1.807) is 24.3 Å². The molecule has 0 unspecified atom stereocenters. The average Bonchev–Trinajstić information content (AvgIpc) is 2.87. The molecule has 0 bridgehead atoms. The Balaban J connectivity index is 1.51. The van der Waals surface area contributed by atoms with Crippen LogP contribution >= 0.6 is 11.6 Å². The SMILES string of the molecule is CC[C@H](C)c1ccc(OCCOc2c(Cl)cc(/C=N/NC(=O)Nc3ccccc3)cc2OC)cc1. The van der Waals surface area contributed by atoms with E-state index in [1.807, 2.05) is 30.3 Å². The van der Waals surface area contributed by atoms with Gasteiger partial charge in [0, 0.05) is 5.69 Å². The summed E-state index contributed by atoms with van der Waals surface area (Å²) < 4.78 is 17.0. The van der Waals surface area contributed by atoms with Crippen molar-refractivity contribution in [2.24, 2.45) is 5.10 Å². The molecule has 3 aromatic rings. The summed E-state index contributed by atoms with van der Waals surface area (Å²) in [4.78, 5) is 11.9. The van der Waals surface area contributed by atoms with Crippen LogP contribution in [0.5, 0.6) is 17.2 Å². The largest absolute Gasteiger partial charge is 0.493 e. The lowest BCUT2D eigenvalue weighted by Crippen LogP contribution is -2.24. The van der Waals surface area contributed by atoms with E-state index in [9.17, 15) is 4.79 Å². The van der Waals surface area contributed by atoms with Gasteiger partial charge < -0.3 is 19.5 Å². The molecule has 0 aromatic heterocycles. The lowest BCUT2D eigenvalue weighted by molar-refractivity contribution is 0.211. The van der Waals surface area contributed by atoms with Gasteiger partial charge in [0.05, 0.1) is 18.3 Å². The predicted molar refractivity (Wildman–Crippen MR) is 140 cm³/mol. The number of hydrogen-bond donors (Lipinski definition) is 2. The van der Waals surface area contributed by atoms with Crippen LogP contribution in [0.3, 0.4) is 0 Å². The van der Waals surface area contributed by atoms with Crippen molar-refractivity contribution in [3.05, 3.63) is 82.9 Å². The van der Waals surface area contributed by atoms with Gasteiger partial charge in [0.15, 0.2) is 11.5 Å². The van der Waals surface area contributed by atoms with Gasteiger partial charge >= 0.3 is 6.03 Å². The summed E-state index contributed by atoms with van der Waals surface area (Å²) in [7, 11) is 1.53. The first-order valence-electron chi connectivity index (χ1n) is 11.4. The first kappa shape index (κ1) is 25.9. The summed E-state index contributed by atoms with van der Waals surface area (Å²) in [5.74, 6) is 2.17. The normalized spacial score (nSPS) is 11.7. The highest BCUT2D eigenvalue weighted by atomic mass is 35.5. The number of hydrogen-bond acceptors (Lipinski definition) is 5. The van der Waals surface area contributed by atoms with Gasteiger partial charge in [-0.05, 0) is 59.9 Å². The number of nitrogens with one attached hydrogen (secondary N) is 2. The number of carbonyl (C=O) groups excluding carboxylic acids is 1. The molecule has 8 heteroatoms. The summed E-state index contributed by atoms with van der Waals surface area (Å²) in [6, 6.07) is 20.1. The predicted octanol–water partition coefficient (Wildman–Crippen LogP) is 6.48. The number of para-hydroxylation sites is 1. The Hall–Kier alpha value is -3.71. The molecule has 0 aliphatic heterocycles.